The minimum Gasteiger partial charge on any atom is -0.497 e. The summed E-state index contributed by atoms with van der Waals surface area (Å²) in [6.07, 6.45) is 2.51. The van der Waals surface area contributed by atoms with Crippen LogP contribution in [0.1, 0.15) is 30.1 Å². The van der Waals surface area contributed by atoms with E-state index < -0.39 is 0 Å². The van der Waals surface area contributed by atoms with Gasteiger partial charge < -0.3 is 9.64 Å². The molecule has 1 aromatic heterocycles. The maximum Gasteiger partial charge on any atom is 0.118 e. The van der Waals surface area contributed by atoms with Crippen LogP contribution in [0.4, 0.5) is 5.69 Å². The van der Waals surface area contributed by atoms with E-state index in [0.29, 0.717) is 5.92 Å². The number of pyridine rings is 1. The first-order valence-electron chi connectivity index (χ1n) is 7.67. The van der Waals surface area contributed by atoms with Crippen LogP contribution >= 0.6 is 0 Å². The molecule has 2 aromatic rings. The van der Waals surface area contributed by atoms with Gasteiger partial charge in [-0.1, -0.05) is 12.1 Å². The van der Waals surface area contributed by atoms with Gasteiger partial charge in [-0.25, -0.2) is 0 Å². The van der Waals surface area contributed by atoms with Gasteiger partial charge in [-0.15, -0.1) is 0 Å². The summed E-state index contributed by atoms with van der Waals surface area (Å²) in [6, 6.07) is 10.6. The van der Waals surface area contributed by atoms with Gasteiger partial charge in [0, 0.05) is 30.3 Å². The van der Waals surface area contributed by atoms with Gasteiger partial charge in [-0.2, -0.15) is 0 Å². The van der Waals surface area contributed by atoms with Crippen LogP contribution in [0.3, 0.4) is 0 Å². The van der Waals surface area contributed by atoms with Crippen LogP contribution in [-0.4, -0.2) is 25.2 Å². The highest BCUT2D eigenvalue weighted by atomic mass is 16.5. The van der Waals surface area contributed by atoms with Crippen molar-refractivity contribution in [1.82, 2.24) is 4.98 Å². The molecule has 3 aliphatic rings. The Balaban J connectivity index is 1.88. The zero-order chi connectivity index (χ0) is 14.4. The van der Waals surface area contributed by atoms with E-state index in [0.717, 1.165) is 11.4 Å². The fourth-order valence-corrected chi connectivity index (χ4v) is 3.67. The van der Waals surface area contributed by atoms with Crippen LogP contribution in [-0.2, 0) is 0 Å². The first-order valence-corrected chi connectivity index (χ1v) is 7.67. The Morgan fingerprint density at radius 2 is 1.86 bits per heavy atom. The Hall–Kier alpha value is -2.03. The molecule has 21 heavy (non-hydrogen) atoms. The number of benzene rings is 1. The van der Waals surface area contributed by atoms with Crippen LogP contribution in [0.25, 0.3) is 11.1 Å². The van der Waals surface area contributed by atoms with E-state index in [1.807, 2.05) is 12.1 Å². The summed E-state index contributed by atoms with van der Waals surface area (Å²) in [5.74, 6) is 1.56. The van der Waals surface area contributed by atoms with Gasteiger partial charge in [0.15, 0.2) is 0 Å². The van der Waals surface area contributed by atoms with Crippen LogP contribution in [0.15, 0.2) is 30.3 Å². The number of aromatic nitrogens is 1. The normalized spacial score (nSPS) is 17.0. The summed E-state index contributed by atoms with van der Waals surface area (Å²) in [6.45, 7) is 4.45. The molecule has 0 radical (unpaired) electrons. The van der Waals surface area contributed by atoms with Crippen molar-refractivity contribution >= 4 is 5.69 Å². The second-order valence-electron chi connectivity index (χ2n) is 6.03. The molecule has 1 fully saturated rings. The summed E-state index contributed by atoms with van der Waals surface area (Å²) in [5.41, 5.74) is 6.38. The molecule has 4 heterocycles. The molecule has 0 saturated carbocycles. The molecular weight excluding hydrogens is 260 g/mol. The molecule has 2 bridgehead atoms. The molecular formula is C18H20N2O. The lowest BCUT2D eigenvalue weighted by atomic mass is 9.84. The van der Waals surface area contributed by atoms with Gasteiger partial charge in [-0.3, -0.25) is 4.98 Å². The van der Waals surface area contributed by atoms with Gasteiger partial charge in [0.1, 0.15) is 5.75 Å². The van der Waals surface area contributed by atoms with Crippen molar-refractivity contribution in [3.63, 3.8) is 0 Å². The number of ether oxygens (including phenoxy) is 1. The first kappa shape index (κ1) is 12.7. The maximum absolute atomic E-state index is 5.27. The van der Waals surface area contributed by atoms with E-state index in [1.165, 1.54) is 48.4 Å². The standard InChI is InChI=1S/C18H20N2O/c1-12-11-16(13-3-5-15(21-2)6-4-13)18-17(19-12)14-7-9-20(18)10-8-14/h3-6,11,14H,7-10H2,1-2H3. The quantitative estimate of drug-likeness (QED) is 0.837. The minimum atomic E-state index is 0.655. The second kappa shape index (κ2) is 4.76. The number of anilines is 1. The highest BCUT2D eigenvalue weighted by molar-refractivity contribution is 5.82. The van der Waals surface area contributed by atoms with Gasteiger partial charge >= 0.3 is 0 Å². The molecule has 3 aliphatic heterocycles. The summed E-state index contributed by atoms with van der Waals surface area (Å²) in [5, 5.41) is 0. The molecule has 0 amide bonds. The van der Waals surface area contributed by atoms with Crippen molar-refractivity contribution in [2.75, 3.05) is 25.1 Å². The van der Waals surface area contributed by atoms with Crippen molar-refractivity contribution in [3.05, 3.63) is 41.7 Å². The Morgan fingerprint density at radius 3 is 2.52 bits per heavy atom. The van der Waals surface area contributed by atoms with E-state index in [9.17, 15) is 0 Å². The van der Waals surface area contributed by atoms with Crippen LogP contribution in [0.2, 0.25) is 0 Å². The Bertz CT molecular complexity index is 670. The third kappa shape index (κ3) is 1.99. The topological polar surface area (TPSA) is 25.4 Å². The molecule has 0 atom stereocenters. The van der Waals surface area contributed by atoms with E-state index in [1.54, 1.807) is 7.11 Å². The maximum atomic E-state index is 5.27. The zero-order valence-corrected chi connectivity index (χ0v) is 12.6. The van der Waals surface area contributed by atoms with Gasteiger partial charge in [0.05, 0.1) is 18.5 Å². The van der Waals surface area contributed by atoms with Crippen LogP contribution in [0.5, 0.6) is 5.75 Å². The molecule has 0 N–H and O–H groups in total. The number of nitrogens with zero attached hydrogens (tertiary/aromatic N) is 2. The highest BCUT2D eigenvalue weighted by Crippen LogP contribution is 2.46. The molecule has 0 unspecified atom stereocenters. The molecule has 5 rings (SSSR count). The van der Waals surface area contributed by atoms with Crippen molar-refractivity contribution in [1.29, 1.82) is 0 Å². The molecule has 108 valence electrons. The van der Waals surface area contributed by atoms with Crippen molar-refractivity contribution in [2.45, 2.75) is 25.7 Å². The minimum absolute atomic E-state index is 0.655. The van der Waals surface area contributed by atoms with Gasteiger partial charge in [-0.05, 0) is 43.5 Å². The molecule has 3 heteroatoms. The third-order valence-electron chi connectivity index (χ3n) is 4.75. The number of piperidine rings is 1. The number of hydrogen-bond donors (Lipinski definition) is 0. The van der Waals surface area contributed by atoms with Crippen LogP contribution in [0, 0.1) is 6.92 Å². The molecule has 1 saturated heterocycles. The van der Waals surface area contributed by atoms with Gasteiger partial charge in [0.25, 0.3) is 0 Å². The number of fused-ring (bicyclic) bond motifs is 2. The monoisotopic (exact) mass is 280 g/mol. The second-order valence-corrected chi connectivity index (χ2v) is 6.03. The zero-order valence-electron chi connectivity index (χ0n) is 12.6. The van der Waals surface area contributed by atoms with Crippen molar-refractivity contribution in [3.8, 4) is 16.9 Å². The fourth-order valence-electron chi connectivity index (χ4n) is 3.67. The van der Waals surface area contributed by atoms with Crippen molar-refractivity contribution < 1.29 is 4.74 Å². The summed E-state index contributed by atoms with van der Waals surface area (Å²) in [7, 11) is 1.71. The average molecular weight is 280 g/mol. The predicted molar refractivity (Wildman–Crippen MR) is 85.2 cm³/mol. The van der Waals surface area contributed by atoms with Crippen LogP contribution < -0.4 is 9.64 Å². The number of hydrogen-bond acceptors (Lipinski definition) is 3. The summed E-state index contributed by atoms with van der Waals surface area (Å²) < 4.78 is 5.27. The SMILES string of the molecule is COc1ccc(-c2cc(C)nc3c2N2CCC3CC2)cc1. The summed E-state index contributed by atoms with van der Waals surface area (Å²) in [4.78, 5) is 7.37. The lowest BCUT2D eigenvalue weighted by Gasteiger charge is -2.42. The average Bonchev–Trinajstić information content (AvgIpc) is 2.55. The molecule has 0 aliphatic carbocycles. The number of rotatable bonds is 2. The van der Waals surface area contributed by atoms with Gasteiger partial charge in [0.2, 0.25) is 0 Å². The largest absolute Gasteiger partial charge is 0.497 e. The molecule has 1 aromatic carbocycles. The van der Waals surface area contributed by atoms with E-state index in [2.05, 4.69) is 30.0 Å². The first-order chi connectivity index (χ1) is 10.3. The predicted octanol–water partition coefficient (Wildman–Crippen LogP) is 3.76. The van der Waals surface area contributed by atoms with E-state index in [-0.39, 0.29) is 0 Å². The Morgan fingerprint density at radius 1 is 1.14 bits per heavy atom. The molecule has 3 nitrogen and oxygen atoms in total. The smallest absolute Gasteiger partial charge is 0.118 e. The Kier molecular flexibility index (Phi) is 2.88. The number of methoxy groups -OCH3 is 1. The lowest BCUT2D eigenvalue weighted by Crippen LogP contribution is -2.39. The fraction of sp³-hybridized carbons (Fsp3) is 0.389. The molecule has 0 spiro atoms. The third-order valence-corrected chi connectivity index (χ3v) is 4.75. The number of aryl methyl sites for hydroxylation is 1. The van der Waals surface area contributed by atoms with E-state index >= 15 is 0 Å². The summed E-state index contributed by atoms with van der Waals surface area (Å²) >= 11 is 0. The van der Waals surface area contributed by atoms with E-state index in [4.69, 9.17) is 9.72 Å². The van der Waals surface area contributed by atoms with Crippen molar-refractivity contribution in [2.24, 2.45) is 0 Å². The highest BCUT2D eigenvalue weighted by Gasteiger charge is 2.34. The Labute approximate surface area is 125 Å². The lowest BCUT2D eigenvalue weighted by molar-refractivity contribution is 0.415.